The van der Waals surface area contributed by atoms with Gasteiger partial charge < -0.3 is 10.1 Å². The molecule has 0 aliphatic carbocycles. The Balaban J connectivity index is 1.84. The van der Waals surface area contributed by atoms with E-state index in [1.54, 1.807) is 0 Å². The van der Waals surface area contributed by atoms with Gasteiger partial charge in [0.15, 0.2) is 0 Å². The van der Waals surface area contributed by atoms with Crippen LogP contribution in [-0.2, 0) is 11.3 Å². The lowest BCUT2D eigenvalue weighted by Gasteiger charge is -2.15. The lowest BCUT2D eigenvalue weighted by atomic mass is 10.1. The second-order valence-corrected chi connectivity index (χ2v) is 4.39. The second kappa shape index (κ2) is 5.97. The molecule has 1 saturated heterocycles. The quantitative estimate of drug-likeness (QED) is 0.846. The molecule has 2 heterocycles. The molecule has 1 aromatic rings. The van der Waals surface area contributed by atoms with Crippen molar-refractivity contribution in [3.8, 4) is 0 Å². The van der Waals surface area contributed by atoms with E-state index in [-0.39, 0.29) is 0 Å². The summed E-state index contributed by atoms with van der Waals surface area (Å²) in [5, 5.41) is 3.58. The van der Waals surface area contributed by atoms with Gasteiger partial charge in [-0.2, -0.15) is 0 Å². The summed E-state index contributed by atoms with van der Waals surface area (Å²) in [6, 6.07) is 4.68. The molecule has 1 aliphatic rings. The van der Waals surface area contributed by atoms with Crippen LogP contribution in [-0.4, -0.2) is 24.2 Å². The Kier molecular flexibility index (Phi) is 4.31. The predicted octanol–water partition coefficient (Wildman–Crippen LogP) is 2.05. The molecule has 1 atom stereocenters. The molecule has 1 fully saturated rings. The molecule has 3 nitrogen and oxygen atoms in total. The summed E-state index contributed by atoms with van der Waals surface area (Å²) in [6.45, 7) is 4.79. The van der Waals surface area contributed by atoms with Crippen LogP contribution in [0.1, 0.15) is 30.5 Å². The standard InChI is InChI=1S/C13H20N2O/c1-11-4-2-7-14-13(11)10-15-12-5-3-8-16-9-6-12/h2,4,7,12,15H,3,5-6,8-10H2,1H3. The van der Waals surface area contributed by atoms with Gasteiger partial charge in [0.25, 0.3) is 0 Å². The summed E-state index contributed by atoms with van der Waals surface area (Å²) >= 11 is 0. The molecular formula is C13H20N2O. The first-order valence-electron chi connectivity index (χ1n) is 6.08. The van der Waals surface area contributed by atoms with Crippen LogP contribution in [0, 0.1) is 6.92 Å². The van der Waals surface area contributed by atoms with Gasteiger partial charge in [-0.05, 0) is 37.8 Å². The zero-order chi connectivity index (χ0) is 11.2. The van der Waals surface area contributed by atoms with E-state index in [4.69, 9.17) is 4.74 Å². The highest BCUT2D eigenvalue weighted by Crippen LogP contribution is 2.10. The van der Waals surface area contributed by atoms with Crippen LogP contribution in [0.2, 0.25) is 0 Å². The molecule has 0 bridgehead atoms. The van der Waals surface area contributed by atoms with Crippen LogP contribution in [0.5, 0.6) is 0 Å². The van der Waals surface area contributed by atoms with E-state index in [9.17, 15) is 0 Å². The first kappa shape index (κ1) is 11.6. The van der Waals surface area contributed by atoms with E-state index >= 15 is 0 Å². The minimum Gasteiger partial charge on any atom is -0.381 e. The SMILES string of the molecule is Cc1cccnc1CNC1CCCOCC1. The molecule has 1 aliphatic heterocycles. The van der Waals surface area contributed by atoms with Crippen molar-refractivity contribution in [2.45, 2.75) is 38.8 Å². The maximum absolute atomic E-state index is 5.44. The number of nitrogens with one attached hydrogen (secondary N) is 1. The highest BCUT2D eigenvalue weighted by molar-refractivity contribution is 5.17. The summed E-state index contributed by atoms with van der Waals surface area (Å²) in [5.41, 5.74) is 2.42. The monoisotopic (exact) mass is 220 g/mol. The van der Waals surface area contributed by atoms with Crippen LogP contribution in [0.3, 0.4) is 0 Å². The van der Waals surface area contributed by atoms with Gasteiger partial charge >= 0.3 is 0 Å². The molecule has 0 radical (unpaired) electrons. The average Bonchev–Trinajstić information content (AvgIpc) is 2.56. The minimum atomic E-state index is 0.587. The number of ether oxygens (including phenoxy) is 1. The predicted molar refractivity (Wildman–Crippen MR) is 64.3 cm³/mol. The molecular weight excluding hydrogens is 200 g/mol. The Labute approximate surface area is 97.2 Å². The Morgan fingerprint density at radius 2 is 2.38 bits per heavy atom. The number of pyridine rings is 1. The average molecular weight is 220 g/mol. The lowest BCUT2D eigenvalue weighted by molar-refractivity contribution is 0.142. The van der Waals surface area contributed by atoms with Crippen molar-refractivity contribution in [3.63, 3.8) is 0 Å². The summed E-state index contributed by atoms with van der Waals surface area (Å²) in [6.07, 6.45) is 5.36. The van der Waals surface area contributed by atoms with Crippen LogP contribution in [0.25, 0.3) is 0 Å². The number of aryl methyl sites for hydroxylation is 1. The molecule has 1 aromatic heterocycles. The number of hydrogen-bond acceptors (Lipinski definition) is 3. The molecule has 16 heavy (non-hydrogen) atoms. The van der Waals surface area contributed by atoms with Gasteiger partial charge in [-0.1, -0.05) is 6.07 Å². The topological polar surface area (TPSA) is 34.2 Å². The highest BCUT2D eigenvalue weighted by Gasteiger charge is 2.12. The van der Waals surface area contributed by atoms with Crippen molar-refractivity contribution < 1.29 is 4.74 Å². The van der Waals surface area contributed by atoms with E-state index in [1.165, 1.54) is 18.4 Å². The first-order chi connectivity index (χ1) is 7.86. The largest absolute Gasteiger partial charge is 0.381 e. The minimum absolute atomic E-state index is 0.587. The van der Waals surface area contributed by atoms with Crippen LogP contribution >= 0.6 is 0 Å². The Bertz CT molecular complexity index is 319. The third kappa shape index (κ3) is 3.29. The highest BCUT2D eigenvalue weighted by atomic mass is 16.5. The van der Waals surface area contributed by atoms with Crippen LogP contribution in [0.4, 0.5) is 0 Å². The van der Waals surface area contributed by atoms with Gasteiger partial charge in [0.2, 0.25) is 0 Å². The van der Waals surface area contributed by atoms with Crippen molar-refractivity contribution >= 4 is 0 Å². The van der Waals surface area contributed by atoms with Gasteiger partial charge in [0.05, 0.1) is 5.69 Å². The normalized spacial score (nSPS) is 21.7. The molecule has 0 amide bonds. The fourth-order valence-electron chi connectivity index (χ4n) is 2.05. The summed E-state index contributed by atoms with van der Waals surface area (Å²) in [5.74, 6) is 0. The molecule has 0 aromatic carbocycles. The molecule has 3 heteroatoms. The van der Waals surface area contributed by atoms with Crippen LogP contribution < -0.4 is 5.32 Å². The number of hydrogen-bond donors (Lipinski definition) is 1. The molecule has 1 unspecified atom stereocenters. The molecule has 0 spiro atoms. The van der Waals surface area contributed by atoms with Crippen molar-refractivity contribution in [1.29, 1.82) is 0 Å². The van der Waals surface area contributed by atoms with E-state index in [2.05, 4.69) is 23.3 Å². The number of rotatable bonds is 3. The summed E-state index contributed by atoms with van der Waals surface area (Å²) < 4.78 is 5.44. The lowest BCUT2D eigenvalue weighted by Crippen LogP contribution is -2.29. The Morgan fingerprint density at radius 3 is 3.25 bits per heavy atom. The van der Waals surface area contributed by atoms with E-state index in [0.29, 0.717) is 6.04 Å². The van der Waals surface area contributed by atoms with Crippen molar-refractivity contribution in [2.24, 2.45) is 0 Å². The molecule has 1 N–H and O–H groups in total. The maximum Gasteiger partial charge on any atom is 0.0570 e. The van der Waals surface area contributed by atoms with Crippen LogP contribution in [0.15, 0.2) is 18.3 Å². The van der Waals surface area contributed by atoms with Gasteiger partial charge in [0, 0.05) is 32.0 Å². The number of aromatic nitrogens is 1. The van der Waals surface area contributed by atoms with E-state index in [1.807, 2.05) is 12.3 Å². The maximum atomic E-state index is 5.44. The summed E-state index contributed by atoms with van der Waals surface area (Å²) in [7, 11) is 0. The zero-order valence-electron chi connectivity index (χ0n) is 9.91. The smallest absolute Gasteiger partial charge is 0.0570 e. The molecule has 2 rings (SSSR count). The van der Waals surface area contributed by atoms with Gasteiger partial charge in [0.1, 0.15) is 0 Å². The summed E-state index contributed by atoms with van der Waals surface area (Å²) in [4.78, 5) is 4.39. The van der Waals surface area contributed by atoms with Crippen molar-refractivity contribution in [2.75, 3.05) is 13.2 Å². The fraction of sp³-hybridized carbons (Fsp3) is 0.615. The van der Waals surface area contributed by atoms with Gasteiger partial charge in [-0.25, -0.2) is 0 Å². The fourth-order valence-corrected chi connectivity index (χ4v) is 2.05. The van der Waals surface area contributed by atoms with Crippen molar-refractivity contribution in [3.05, 3.63) is 29.6 Å². The third-order valence-electron chi connectivity index (χ3n) is 3.13. The Morgan fingerprint density at radius 1 is 1.44 bits per heavy atom. The second-order valence-electron chi connectivity index (χ2n) is 4.39. The Hall–Kier alpha value is -0.930. The molecule has 0 saturated carbocycles. The van der Waals surface area contributed by atoms with E-state index in [0.717, 1.165) is 31.9 Å². The van der Waals surface area contributed by atoms with Gasteiger partial charge in [-0.15, -0.1) is 0 Å². The van der Waals surface area contributed by atoms with E-state index < -0.39 is 0 Å². The number of nitrogens with zero attached hydrogens (tertiary/aromatic N) is 1. The first-order valence-corrected chi connectivity index (χ1v) is 6.08. The third-order valence-corrected chi connectivity index (χ3v) is 3.13. The van der Waals surface area contributed by atoms with Gasteiger partial charge in [-0.3, -0.25) is 4.98 Å². The molecule has 88 valence electrons. The van der Waals surface area contributed by atoms with Crippen molar-refractivity contribution in [1.82, 2.24) is 10.3 Å². The zero-order valence-corrected chi connectivity index (χ0v) is 9.91.